The van der Waals surface area contributed by atoms with Crippen molar-refractivity contribution in [2.75, 3.05) is 37.8 Å². The number of hydrogen-bond donors (Lipinski definition) is 2. The molecule has 3 aromatic rings. The number of hydrogen-bond acceptors (Lipinski definition) is 5. The van der Waals surface area contributed by atoms with E-state index in [1.165, 1.54) is 5.56 Å². The molecule has 178 valence electrons. The molecule has 1 atom stereocenters. The zero-order valence-corrected chi connectivity index (χ0v) is 21.3. The summed E-state index contributed by atoms with van der Waals surface area (Å²) >= 11 is 3.65. The van der Waals surface area contributed by atoms with Crippen molar-refractivity contribution in [2.45, 2.75) is 25.8 Å². The van der Waals surface area contributed by atoms with Crippen molar-refractivity contribution in [3.8, 4) is 0 Å². The van der Waals surface area contributed by atoms with E-state index in [2.05, 4.69) is 63.0 Å². The highest BCUT2D eigenvalue weighted by Gasteiger charge is 2.29. The first kappa shape index (κ1) is 23.8. The number of allylic oxidation sites excluding steroid dienone is 2. The van der Waals surface area contributed by atoms with Crippen LogP contribution in [0, 0.1) is 6.92 Å². The number of aromatic nitrogens is 3. The quantitative estimate of drug-likeness (QED) is 0.485. The number of nitrogens with one attached hydrogen (secondary N) is 1. The van der Waals surface area contributed by atoms with E-state index in [1.54, 1.807) is 22.7 Å². The van der Waals surface area contributed by atoms with E-state index in [1.807, 2.05) is 25.3 Å². The number of nitrogen functional groups attached to an aromatic ring is 1. The number of likely N-dealkylation sites (N-methyl/N-ethyl adjacent to an activating group) is 1. The van der Waals surface area contributed by atoms with Crippen molar-refractivity contribution in [3.05, 3.63) is 64.3 Å². The van der Waals surface area contributed by atoms with Gasteiger partial charge in [-0.25, -0.2) is 9.78 Å². The van der Waals surface area contributed by atoms with Gasteiger partial charge < -0.3 is 20.9 Å². The van der Waals surface area contributed by atoms with E-state index in [0.29, 0.717) is 22.5 Å². The van der Waals surface area contributed by atoms with Crippen LogP contribution in [0.5, 0.6) is 0 Å². The molecule has 9 heteroatoms. The summed E-state index contributed by atoms with van der Waals surface area (Å²) in [7, 11) is 3.48. The maximum Gasteiger partial charge on any atom is 0.317 e. The lowest BCUT2D eigenvalue weighted by Crippen LogP contribution is -2.51. The average molecular weight is 524 g/mol. The smallest absolute Gasteiger partial charge is 0.317 e. The van der Waals surface area contributed by atoms with E-state index in [0.717, 1.165) is 41.9 Å². The number of aryl methyl sites for hydroxylation is 1. The van der Waals surface area contributed by atoms with Crippen molar-refractivity contribution < 1.29 is 4.79 Å². The summed E-state index contributed by atoms with van der Waals surface area (Å²) < 4.78 is 2.34. The average Bonchev–Trinajstić information content (AvgIpc) is 3.28. The third kappa shape index (κ3) is 4.40. The molecule has 1 aliphatic rings. The van der Waals surface area contributed by atoms with Gasteiger partial charge in [-0.05, 0) is 58.5 Å². The van der Waals surface area contributed by atoms with Gasteiger partial charge in [-0.15, -0.1) is 0 Å². The van der Waals surface area contributed by atoms with Gasteiger partial charge in [-0.3, -0.25) is 0 Å². The molecular formula is C25H30BrN7O. The molecule has 0 spiro atoms. The van der Waals surface area contributed by atoms with Gasteiger partial charge >= 0.3 is 6.03 Å². The first-order valence-corrected chi connectivity index (χ1v) is 12.1. The van der Waals surface area contributed by atoms with Crippen LogP contribution in [-0.4, -0.2) is 58.8 Å². The van der Waals surface area contributed by atoms with Crippen molar-refractivity contribution >= 4 is 50.9 Å². The highest BCUT2D eigenvalue weighted by Crippen LogP contribution is 2.35. The van der Waals surface area contributed by atoms with Crippen molar-refractivity contribution in [1.82, 2.24) is 24.8 Å². The number of halogens is 1. The van der Waals surface area contributed by atoms with Gasteiger partial charge in [0.15, 0.2) is 5.65 Å². The van der Waals surface area contributed by atoms with Crippen LogP contribution in [0.1, 0.15) is 29.5 Å². The second-order valence-corrected chi connectivity index (χ2v) is 9.29. The number of rotatable bonds is 5. The first-order valence-electron chi connectivity index (χ1n) is 11.3. The molecule has 2 aromatic heterocycles. The number of anilines is 2. The Hall–Kier alpha value is -3.33. The molecule has 0 bridgehead atoms. The molecule has 3 heterocycles. The molecule has 1 saturated heterocycles. The summed E-state index contributed by atoms with van der Waals surface area (Å²) in [6.07, 6.45) is 7.57. The van der Waals surface area contributed by atoms with Gasteiger partial charge in [-0.1, -0.05) is 36.9 Å². The van der Waals surface area contributed by atoms with E-state index in [9.17, 15) is 4.79 Å². The molecule has 8 nitrogen and oxygen atoms in total. The van der Waals surface area contributed by atoms with Gasteiger partial charge in [0.25, 0.3) is 0 Å². The van der Waals surface area contributed by atoms with Crippen LogP contribution in [0.25, 0.3) is 17.3 Å². The number of nitrogens with two attached hydrogens (primary N) is 1. The lowest BCUT2D eigenvalue weighted by atomic mass is 10.0. The summed E-state index contributed by atoms with van der Waals surface area (Å²) in [6.45, 7) is 7.61. The van der Waals surface area contributed by atoms with Crippen LogP contribution < -0.4 is 16.0 Å². The zero-order valence-electron chi connectivity index (χ0n) is 19.8. The molecule has 0 saturated carbocycles. The van der Waals surface area contributed by atoms with Crippen LogP contribution in [0.15, 0.2) is 47.6 Å². The Labute approximate surface area is 208 Å². The maximum atomic E-state index is 12.2. The minimum atomic E-state index is -0.0936. The highest BCUT2D eigenvalue weighted by atomic mass is 79.9. The molecule has 3 N–H and O–H groups in total. The number of benzene rings is 1. The minimum Gasteiger partial charge on any atom is -0.383 e. The lowest BCUT2D eigenvalue weighted by molar-refractivity contribution is 0.184. The van der Waals surface area contributed by atoms with E-state index < -0.39 is 0 Å². The fourth-order valence-corrected chi connectivity index (χ4v) is 4.87. The molecule has 0 radical (unpaired) electrons. The van der Waals surface area contributed by atoms with Crippen LogP contribution >= 0.6 is 15.9 Å². The number of piperidine rings is 1. The number of fused-ring (bicyclic) bond motifs is 1. The predicted octanol–water partition coefficient (Wildman–Crippen LogP) is 4.35. The molecule has 1 fully saturated rings. The molecular weight excluding hydrogens is 494 g/mol. The topological polar surface area (TPSA) is 91.8 Å². The van der Waals surface area contributed by atoms with E-state index >= 15 is 0 Å². The number of amides is 2. The van der Waals surface area contributed by atoms with Crippen LogP contribution in [-0.2, 0) is 0 Å². The monoisotopic (exact) mass is 523 g/mol. The largest absolute Gasteiger partial charge is 0.383 e. The third-order valence-corrected chi connectivity index (χ3v) is 7.17. The summed E-state index contributed by atoms with van der Waals surface area (Å²) in [5, 5.41) is 7.21. The zero-order chi connectivity index (χ0) is 24.4. The van der Waals surface area contributed by atoms with Gasteiger partial charge in [0.2, 0.25) is 0 Å². The molecule has 34 heavy (non-hydrogen) atoms. The Kier molecular flexibility index (Phi) is 6.92. The van der Waals surface area contributed by atoms with Crippen LogP contribution in [0.3, 0.4) is 0 Å². The molecule has 1 unspecified atom stereocenters. The third-order valence-electron chi connectivity index (χ3n) is 6.41. The SMILES string of the molecule is C=C/C(=C\c1ccccc1C)c1cnn2c(N)c(Br)c(N3CCCC(N(C)C(=O)NC)C3)nc12. The Morgan fingerprint density at radius 2 is 2.15 bits per heavy atom. The second-order valence-electron chi connectivity index (χ2n) is 8.50. The minimum absolute atomic E-state index is 0.0777. The van der Waals surface area contributed by atoms with Gasteiger partial charge in [-0.2, -0.15) is 9.61 Å². The van der Waals surface area contributed by atoms with Gasteiger partial charge in [0.05, 0.1) is 12.2 Å². The lowest BCUT2D eigenvalue weighted by Gasteiger charge is -2.38. The number of carbonyl (C=O) groups is 1. The normalized spacial score (nSPS) is 16.5. The number of urea groups is 1. The summed E-state index contributed by atoms with van der Waals surface area (Å²) in [5.74, 6) is 1.23. The Bertz CT molecular complexity index is 1270. The predicted molar refractivity (Wildman–Crippen MR) is 142 cm³/mol. The highest BCUT2D eigenvalue weighted by molar-refractivity contribution is 9.10. The summed E-state index contributed by atoms with van der Waals surface area (Å²) in [5.41, 5.74) is 11.2. The second kappa shape index (κ2) is 9.89. The van der Waals surface area contributed by atoms with Crippen LogP contribution in [0.4, 0.5) is 16.4 Å². The van der Waals surface area contributed by atoms with Crippen molar-refractivity contribution in [1.29, 1.82) is 0 Å². The molecule has 2 amide bonds. The Morgan fingerprint density at radius 3 is 2.85 bits per heavy atom. The van der Waals surface area contributed by atoms with Gasteiger partial charge in [0, 0.05) is 32.7 Å². The maximum absolute atomic E-state index is 12.2. The fourth-order valence-electron chi connectivity index (χ4n) is 4.36. The Morgan fingerprint density at radius 1 is 1.38 bits per heavy atom. The Balaban J connectivity index is 1.76. The number of carbonyl (C=O) groups excluding carboxylic acids is 1. The summed E-state index contributed by atoms with van der Waals surface area (Å²) in [6, 6.07) is 8.18. The number of nitrogens with zero attached hydrogens (tertiary/aromatic N) is 5. The molecule has 1 aromatic carbocycles. The van der Waals surface area contributed by atoms with E-state index in [4.69, 9.17) is 10.7 Å². The molecule has 1 aliphatic heterocycles. The van der Waals surface area contributed by atoms with Crippen molar-refractivity contribution in [3.63, 3.8) is 0 Å². The fraction of sp³-hybridized carbons (Fsp3) is 0.320. The standard InChI is InChI=1S/C25H30BrN7O/c1-5-17(13-18-10-7-6-9-16(18)2)20-14-29-33-22(27)21(26)24(30-23(20)33)32-12-8-11-19(15-32)31(4)25(34)28-3/h5-7,9-10,13-14,19H,1,8,11-12,15,27H2,2-4H3,(H,28,34)/b17-13+. The first-order chi connectivity index (χ1) is 16.3. The van der Waals surface area contributed by atoms with E-state index in [-0.39, 0.29) is 12.1 Å². The molecule has 0 aliphatic carbocycles. The summed E-state index contributed by atoms with van der Waals surface area (Å²) in [4.78, 5) is 21.1. The van der Waals surface area contributed by atoms with Gasteiger partial charge in [0.1, 0.15) is 16.1 Å². The van der Waals surface area contributed by atoms with Crippen LogP contribution in [0.2, 0.25) is 0 Å². The van der Waals surface area contributed by atoms with Crippen molar-refractivity contribution in [2.24, 2.45) is 0 Å². The molecule has 4 rings (SSSR count).